The highest BCUT2D eigenvalue weighted by molar-refractivity contribution is 6.20. The maximum absolute atomic E-state index is 12.8. The fourth-order valence-corrected chi connectivity index (χ4v) is 3.89. The number of nitrogens with zero attached hydrogens (tertiary/aromatic N) is 4. The minimum atomic E-state index is -0.267. The van der Waals surface area contributed by atoms with E-state index in [0.29, 0.717) is 34.3 Å². The molecular formula is C31H37N7O2. The van der Waals surface area contributed by atoms with Gasteiger partial charge >= 0.3 is 0 Å². The summed E-state index contributed by atoms with van der Waals surface area (Å²) >= 11 is 0. The van der Waals surface area contributed by atoms with Crippen molar-refractivity contribution in [3.8, 4) is 0 Å². The molecule has 2 aromatic carbocycles. The molecule has 3 rings (SSSR count). The topological polar surface area (TPSA) is 116 Å². The van der Waals surface area contributed by atoms with Crippen molar-refractivity contribution in [2.45, 2.75) is 34.1 Å². The summed E-state index contributed by atoms with van der Waals surface area (Å²) in [5, 5.41) is 5.92. The number of amides is 2. The molecule has 0 spiro atoms. The Labute approximate surface area is 236 Å². The van der Waals surface area contributed by atoms with Crippen molar-refractivity contribution in [3.63, 3.8) is 0 Å². The quantitative estimate of drug-likeness (QED) is 0.173. The SMILES string of the molecule is CC/C(C)=C/N=C(/C(=C(\C)N)N(C)c1ccc(C(=O)Nc2cc(C)ccn2)cc1)N(C=O)c1cccc(NC)c1. The number of carbonyl (C=O) groups is 2. The molecule has 0 bridgehead atoms. The van der Waals surface area contributed by atoms with Crippen LogP contribution in [0, 0.1) is 6.92 Å². The molecule has 0 saturated carbocycles. The van der Waals surface area contributed by atoms with E-state index in [0.717, 1.165) is 35.3 Å². The third-order valence-electron chi connectivity index (χ3n) is 6.31. The van der Waals surface area contributed by atoms with E-state index < -0.39 is 0 Å². The maximum Gasteiger partial charge on any atom is 0.256 e. The first-order valence-corrected chi connectivity index (χ1v) is 13.0. The normalized spacial score (nSPS) is 12.3. The van der Waals surface area contributed by atoms with Gasteiger partial charge in [0, 0.05) is 49.1 Å². The van der Waals surface area contributed by atoms with Gasteiger partial charge in [0.1, 0.15) is 11.5 Å². The molecule has 40 heavy (non-hydrogen) atoms. The summed E-state index contributed by atoms with van der Waals surface area (Å²) in [6.07, 6.45) is 4.94. The number of hydrogen-bond acceptors (Lipinski definition) is 7. The van der Waals surface area contributed by atoms with Crippen molar-refractivity contribution in [2.75, 3.05) is 34.5 Å². The summed E-state index contributed by atoms with van der Waals surface area (Å²) in [5.41, 5.74) is 12.2. The largest absolute Gasteiger partial charge is 0.400 e. The van der Waals surface area contributed by atoms with Gasteiger partial charge in [-0.2, -0.15) is 0 Å². The van der Waals surface area contributed by atoms with Crippen molar-refractivity contribution < 1.29 is 9.59 Å². The molecular weight excluding hydrogens is 502 g/mol. The number of aryl methyl sites for hydroxylation is 1. The lowest BCUT2D eigenvalue weighted by atomic mass is 10.1. The van der Waals surface area contributed by atoms with Crippen molar-refractivity contribution >= 4 is 41.0 Å². The van der Waals surface area contributed by atoms with Crippen LogP contribution in [-0.2, 0) is 4.79 Å². The lowest BCUT2D eigenvalue weighted by Gasteiger charge is -2.29. The maximum atomic E-state index is 12.8. The number of carbonyl (C=O) groups excluding carboxylic acids is 2. The Morgan fingerprint density at radius 1 is 1.07 bits per heavy atom. The molecule has 1 aromatic heterocycles. The zero-order valence-electron chi connectivity index (χ0n) is 23.9. The summed E-state index contributed by atoms with van der Waals surface area (Å²) < 4.78 is 0. The van der Waals surface area contributed by atoms with E-state index in [2.05, 4.69) is 15.6 Å². The molecule has 208 valence electrons. The lowest BCUT2D eigenvalue weighted by Crippen LogP contribution is -2.38. The van der Waals surface area contributed by atoms with Gasteiger partial charge in [0.15, 0.2) is 5.84 Å². The lowest BCUT2D eigenvalue weighted by molar-refractivity contribution is -0.106. The molecule has 0 atom stereocenters. The summed E-state index contributed by atoms with van der Waals surface area (Å²) in [6.45, 7) is 7.72. The van der Waals surface area contributed by atoms with Crippen molar-refractivity contribution in [1.82, 2.24) is 4.98 Å². The highest BCUT2D eigenvalue weighted by Crippen LogP contribution is 2.26. The molecule has 1 heterocycles. The second-order valence-electron chi connectivity index (χ2n) is 9.37. The number of nitrogens with two attached hydrogens (primary N) is 1. The van der Waals surface area contributed by atoms with E-state index >= 15 is 0 Å². The highest BCUT2D eigenvalue weighted by atomic mass is 16.1. The van der Waals surface area contributed by atoms with E-state index in [1.165, 1.54) is 4.90 Å². The number of benzene rings is 2. The summed E-state index contributed by atoms with van der Waals surface area (Å²) in [7, 11) is 3.66. The van der Waals surface area contributed by atoms with Gasteiger partial charge in [-0.15, -0.1) is 0 Å². The van der Waals surface area contributed by atoms with Crippen LogP contribution in [0.2, 0.25) is 0 Å². The zero-order valence-corrected chi connectivity index (χ0v) is 23.9. The van der Waals surface area contributed by atoms with Crippen LogP contribution in [0.5, 0.6) is 0 Å². The summed E-state index contributed by atoms with van der Waals surface area (Å²) in [6, 6.07) is 18.2. The first-order valence-electron chi connectivity index (χ1n) is 13.0. The molecule has 0 aliphatic heterocycles. The highest BCUT2D eigenvalue weighted by Gasteiger charge is 2.24. The Bertz CT molecular complexity index is 1440. The second kappa shape index (κ2) is 13.7. The van der Waals surface area contributed by atoms with Gasteiger partial charge in [-0.1, -0.05) is 18.6 Å². The molecule has 0 unspecified atom stereocenters. The number of aliphatic imine (C=N–C) groups is 1. The third kappa shape index (κ3) is 7.35. The Hall–Kier alpha value is -4.92. The van der Waals surface area contributed by atoms with Gasteiger partial charge in [0.25, 0.3) is 5.91 Å². The summed E-state index contributed by atoms with van der Waals surface area (Å²) in [5.74, 6) is 0.589. The zero-order chi connectivity index (χ0) is 29.2. The van der Waals surface area contributed by atoms with Gasteiger partial charge < -0.3 is 21.3 Å². The molecule has 0 saturated heterocycles. The molecule has 9 nitrogen and oxygen atoms in total. The number of nitrogens with one attached hydrogen (secondary N) is 2. The molecule has 4 N–H and O–H groups in total. The number of aromatic nitrogens is 1. The Balaban J connectivity index is 1.99. The van der Waals surface area contributed by atoms with Gasteiger partial charge in [0.05, 0.1) is 5.69 Å². The fraction of sp³-hybridized carbons (Fsp3) is 0.226. The van der Waals surface area contributed by atoms with Crippen LogP contribution in [0.1, 0.15) is 43.1 Å². The smallest absolute Gasteiger partial charge is 0.256 e. The number of rotatable bonds is 10. The van der Waals surface area contributed by atoms with Gasteiger partial charge in [-0.25, -0.2) is 9.98 Å². The molecule has 0 aliphatic carbocycles. The van der Waals surface area contributed by atoms with Crippen LogP contribution in [0.4, 0.5) is 22.9 Å². The van der Waals surface area contributed by atoms with E-state index in [1.54, 1.807) is 31.5 Å². The average Bonchev–Trinajstić information content (AvgIpc) is 2.95. The van der Waals surface area contributed by atoms with Crippen LogP contribution in [0.15, 0.2) is 95.0 Å². The predicted molar refractivity (Wildman–Crippen MR) is 165 cm³/mol. The van der Waals surface area contributed by atoms with E-state index in [-0.39, 0.29) is 5.91 Å². The van der Waals surface area contributed by atoms with Crippen LogP contribution in [0.25, 0.3) is 0 Å². The first-order chi connectivity index (χ1) is 19.2. The van der Waals surface area contributed by atoms with Crippen molar-refractivity contribution in [2.24, 2.45) is 10.7 Å². The van der Waals surface area contributed by atoms with E-state index in [9.17, 15) is 9.59 Å². The molecule has 3 aromatic rings. The number of pyridine rings is 1. The van der Waals surface area contributed by atoms with Crippen LogP contribution >= 0.6 is 0 Å². The minimum Gasteiger partial charge on any atom is -0.400 e. The second-order valence-corrected chi connectivity index (χ2v) is 9.37. The van der Waals surface area contributed by atoms with Gasteiger partial charge in [-0.05, 0) is 87.4 Å². The number of likely N-dealkylation sites (N-methyl/N-ethyl adjacent to an activating group) is 1. The molecule has 0 fully saturated rings. The Kier molecular flexibility index (Phi) is 10.2. The predicted octanol–water partition coefficient (Wildman–Crippen LogP) is 5.69. The number of anilines is 4. The minimum absolute atomic E-state index is 0.267. The van der Waals surface area contributed by atoms with Crippen LogP contribution in [-0.4, -0.2) is 37.2 Å². The standard InChI is InChI=1S/C31H37N7O2/c1-7-21(2)19-35-30(38(20-39)27-10-8-9-25(18-27)33-5)29(23(4)32)37(6)26-13-11-24(12-14-26)31(40)36-28-17-22(3)15-16-34-28/h8-20,33H,7,32H2,1-6H3,(H,34,36,40)/b21-19+,29-23-,35-30-. The number of amidine groups is 1. The Morgan fingerprint density at radius 2 is 1.80 bits per heavy atom. The monoisotopic (exact) mass is 539 g/mol. The van der Waals surface area contributed by atoms with E-state index in [4.69, 9.17) is 10.7 Å². The third-order valence-corrected chi connectivity index (χ3v) is 6.31. The Morgan fingerprint density at radius 3 is 2.40 bits per heavy atom. The van der Waals surface area contributed by atoms with Gasteiger partial charge in [-0.3, -0.25) is 14.5 Å². The van der Waals surface area contributed by atoms with Crippen LogP contribution in [0.3, 0.4) is 0 Å². The molecule has 0 aliphatic rings. The number of allylic oxidation sites excluding steroid dienone is 2. The van der Waals surface area contributed by atoms with Crippen molar-refractivity contribution in [3.05, 3.63) is 101 Å². The summed E-state index contributed by atoms with van der Waals surface area (Å²) in [4.78, 5) is 37.6. The first kappa shape index (κ1) is 29.6. The molecule has 9 heteroatoms. The van der Waals surface area contributed by atoms with E-state index in [1.807, 2.05) is 88.3 Å². The van der Waals surface area contributed by atoms with Crippen molar-refractivity contribution in [1.29, 1.82) is 0 Å². The van der Waals surface area contributed by atoms with Gasteiger partial charge in [0.2, 0.25) is 6.41 Å². The fourth-order valence-electron chi connectivity index (χ4n) is 3.89. The molecule has 2 amide bonds. The average molecular weight is 540 g/mol. The van der Waals surface area contributed by atoms with Crippen LogP contribution < -0.4 is 26.2 Å². The molecule has 0 radical (unpaired) electrons. The number of hydrogen-bond donors (Lipinski definition) is 3.